The lowest BCUT2D eigenvalue weighted by atomic mass is 10.2. The molecule has 0 saturated heterocycles. The van der Waals surface area contributed by atoms with Gasteiger partial charge in [-0.2, -0.15) is 0 Å². The van der Waals surface area contributed by atoms with E-state index in [4.69, 9.17) is 4.74 Å². The smallest absolute Gasteiger partial charge is 0.330 e. The van der Waals surface area contributed by atoms with E-state index in [1.807, 2.05) is 20.8 Å². The van der Waals surface area contributed by atoms with Crippen LogP contribution in [-0.2, 0) is 9.53 Å². The molecule has 0 aromatic rings. The number of hydrogen-bond donors (Lipinski definition) is 2. The summed E-state index contributed by atoms with van der Waals surface area (Å²) >= 11 is 0. The minimum Gasteiger partial charge on any atom is -0.458 e. The molecule has 1 aliphatic heterocycles. The maximum absolute atomic E-state index is 11.5. The van der Waals surface area contributed by atoms with Crippen molar-refractivity contribution in [3.63, 3.8) is 0 Å². The molecule has 0 aromatic heterocycles. The second-order valence-corrected chi connectivity index (χ2v) is 3.99. The van der Waals surface area contributed by atoms with Gasteiger partial charge in [0.2, 0.25) is 0 Å². The molecule has 0 aromatic carbocycles. The Hall–Kier alpha value is -1.19. The molecule has 1 unspecified atom stereocenters. The van der Waals surface area contributed by atoms with Crippen LogP contribution in [0.15, 0.2) is 12.4 Å². The van der Waals surface area contributed by atoms with Crippen molar-refractivity contribution in [3.8, 4) is 0 Å². The van der Waals surface area contributed by atoms with E-state index in [2.05, 4.69) is 10.6 Å². The predicted octanol–water partition coefficient (Wildman–Crippen LogP) is 0.361. The molecule has 4 heteroatoms. The van der Waals surface area contributed by atoms with Crippen molar-refractivity contribution in [2.75, 3.05) is 6.54 Å². The van der Waals surface area contributed by atoms with Crippen LogP contribution in [0, 0.1) is 0 Å². The number of nitrogens with one attached hydrogen (secondary N) is 2. The topological polar surface area (TPSA) is 50.4 Å². The van der Waals surface area contributed by atoms with Gasteiger partial charge in [0.1, 0.15) is 11.6 Å². The van der Waals surface area contributed by atoms with Crippen molar-refractivity contribution in [1.29, 1.82) is 0 Å². The van der Waals surface area contributed by atoms with E-state index in [0.29, 0.717) is 6.54 Å². The van der Waals surface area contributed by atoms with E-state index >= 15 is 0 Å². The first-order valence-corrected chi connectivity index (χ1v) is 4.36. The normalized spacial score (nSPS) is 21.6. The Morgan fingerprint density at radius 1 is 1.46 bits per heavy atom. The van der Waals surface area contributed by atoms with Gasteiger partial charge in [-0.1, -0.05) is 0 Å². The van der Waals surface area contributed by atoms with E-state index < -0.39 is 5.60 Å². The maximum Gasteiger partial charge on any atom is 0.330 e. The number of hydrogen-bond acceptors (Lipinski definition) is 4. The number of carbonyl (C=O) groups excluding carboxylic acids is 1. The van der Waals surface area contributed by atoms with E-state index in [1.165, 1.54) is 0 Å². The van der Waals surface area contributed by atoms with Crippen LogP contribution in [0.25, 0.3) is 0 Å². The van der Waals surface area contributed by atoms with E-state index in [1.54, 1.807) is 12.4 Å². The van der Waals surface area contributed by atoms with Crippen molar-refractivity contribution in [2.24, 2.45) is 0 Å². The molecule has 13 heavy (non-hydrogen) atoms. The molecular formula is C9H16N2O2. The third-order valence-electron chi connectivity index (χ3n) is 1.51. The highest BCUT2D eigenvalue weighted by Gasteiger charge is 2.24. The first kappa shape index (κ1) is 9.89. The van der Waals surface area contributed by atoms with Crippen molar-refractivity contribution in [1.82, 2.24) is 10.6 Å². The number of ether oxygens (including phenoxy) is 1. The second-order valence-electron chi connectivity index (χ2n) is 3.99. The molecular weight excluding hydrogens is 168 g/mol. The number of carbonyl (C=O) groups is 1. The molecule has 0 bridgehead atoms. The van der Waals surface area contributed by atoms with Crippen LogP contribution in [0.5, 0.6) is 0 Å². The minimum atomic E-state index is -0.417. The summed E-state index contributed by atoms with van der Waals surface area (Å²) in [5, 5.41) is 5.88. The number of rotatable bonds is 1. The van der Waals surface area contributed by atoms with Gasteiger partial charge in [0.15, 0.2) is 0 Å². The molecule has 74 valence electrons. The van der Waals surface area contributed by atoms with Crippen LogP contribution in [0.4, 0.5) is 0 Å². The van der Waals surface area contributed by atoms with Crippen LogP contribution < -0.4 is 10.6 Å². The van der Waals surface area contributed by atoms with Crippen molar-refractivity contribution in [2.45, 2.75) is 32.4 Å². The highest BCUT2D eigenvalue weighted by Crippen LogP contribution is 2.08. The second kappa shape index (κ2) is 3.68. The maximum atomic E-state index is 11.5. The molecule has 4 nitrogen and oxygen atoms in total. The summed E-state index contributed by atoms with van der Waals surface area (Å²) in [7, 11) is 0. The fraction of sp³-hybridized carbons (Fsp3) is 0.667. The molecule has 1 atom stereocenters. The monoisotopic (exact) mass is 184 g/mol. The summed E-state index contributed by atoms with van der Waals surface area (Å²) < 4.78 is 5.20. The largest absolute Gasteiger partial charge is 0.458 e. The Bertz CT molecular complexity index is 218. The number of esters is 1. The zero-order valence-corrected chi connectivity index (χ0v) is 8.26. The van der Waals surface area contributed by atoms with E-state index in [0.717, 1.165) is 0 Å². The average Bonchev–Trinajstić information content (AvgIpc) is 2.03. The summed E-state index contributed by atoms with van der Waals surface area (Å²) in [6, 6.07) is -0.274. The molecule has 0 fully saturated rings. The zero-order chi connectivity index (χ0) is 9.90. The molecule has 0 aliphatic carbocycles. The van der Waals surface area contributed by atoms with Gasteiger partial charge >= 0.3 is 5.97 Å². The quantitative estimate of drug-likeness (QED) is 0.578. The van der Waals surface area contributed by atoms with E-state index in [-0.39, 0.29) is 12.0 Å². The van der Waals surface area contributed by atoms with Gasteiger partial charge in [0.25, 0.3) is 0 Å². The summed E-state index contributed by atoms with van der Waals surface area (Å²) in [6.45, 7) is 6.15. The average molecular weight is 184 g/mol. The Morgan fingerprint density at radius 3 is 2.62 bits per heavy atom. The van der Waals surface area contributed by atoms with Crippen molar-refractivity contribution >= 4 is 5.97 Å². The third-order valence-corrected chi connectivity index (χ3v) is 1.51. The highest BCUT2D eigenvalue weighted by atomic mass is 16.6. The van der Waals surface area contributed by atoms with Crippen molar-refractivity contribution < 1.29 is 9.53 Å². The first-order chi connectivity index (χ1) is 5.99. The molecule has 2 N–H and O–H groups in total. The fourth-order valence-electron chi connectivity index (χ4n) is 0.992. The fourth-order valence-corrected chi connectivity index (χ4v) is 0.992. The summed E-state index contributed by atoms with van der Waals surface area (Å²) in [5.74, 6) is -0.218. The zero-order valence-electron chi connectivity index (χ0n) is 8.26. The molecule has 0 radical (unpaired) electrons. The summed E-state index contributed by atoms with van der Waals surface area (Å²) in [5.41, 5.74) is -0.417. The van der Waals surface area contributed by atoms with Gasteiger partial charge in [0.05, 0.1) is 0 Å². The van der Waals surface area contributed by atoms with Gasteiger partial charge in [-0.05, 0) is 20.8 Å². The minimum absolute atomic E-state index is 0.218. The van der Waals surface area contributed by atoms with Crippen molar-refractivity contribution in [3.05, 3.63) is 12.4 Å². The highest BCUT2D eigenvalue weighted by molar-refractivity contribution is 5.76. The van der Waals surface area contributed by atoms with Crippen LogP contribution in [0.3, 0.4) is 0 Å². The van der Waals surface area contributed by atoms with E-state index in [9.17, 15) is 4.79 Å². The molecule has 1 rings (SSSR count). The SMILES string of the molecule is CC(C)(C)OC(=O)C1CNC=CN1. The van der Waals surface area contributed by atoms with Gasteiger partial charge in [-0.15, -0.1) is 0 Å². The van der Waals surface area contributed by atoms with Crippen LogP contribution in [-0.4, -0.2) is 24.2 Å². The van der Waals surface area contributed by atoms with Gasteiger partial charge in [0, 0.05) is 18.9 Å². The molecule has 1 heterocycles. The summed E-state index contributed by atoms with van der Waals surface area (Å²) in [4.78, 5) is 11.5. The van der Waals surface area contributed by atoms with Gasteiger partial charge in [-0.25, -0.2) is 4.79 Å². The molecule has 1 aliphatic rings. The van der Waals surface area contributed by atoms with Gasteiger partial charge in [-0.3, -0.25) is 0 Å². The molecule has 0 amide bonds. The van der Waals surface area contributed by atoms with Crippen LogP contribution in [0.1, 0.15) is 20.8 Å². The molecule has 0 spiro atoms. The Balaban J connectivity index is 2.43. The Labute approximate surface area is 78.3 Å². The standard InChI is InChI=1S/C9H16N2O2/c1-9(2,3)13-8(12)7-6-10-4-5-11-7/h4-5,7,10-11H,6H2,1-3H3. The van der Waals surface area contributed by atoms with Crippen LogP contribution in [0.2, 0.25) is 0 Å². The van der Waals surface area contributed by atoms with Gasteiger partial charge < -0.3 is 15.4 Å². The van der Waals surface area contributed by atoms with Crippen LogP contribution >= 0.6 is 0 Å². The Kier molecular flexibility index (Phi) is 2.80. The predicted molar refractivity (Wildman–Crippen MR) is 49.9 cm³/mol. The Morgan fingerprint density at radius 2 is 2.15 bits per heavy atom. The lowest BCUT2D eigenvalue weighted by Gasteiger charge is -2.25. The lowest BCUT2D eigenvalue weighted by Crippen LogP contribution is -2.46. The summed E-state index contributed by atoms with van der Waals surface area (Å²) in [6.07, 6.45) is 3.47. The lowest BCUT2D eigenvalue weighted by molar-refractivity contribution is -0.157. The molecule has 0 saturated carbocycles. The third kappa shape index (κ3) is 3.36. The first-order valence-electron chi connectivity index (χ1n) is 4.36.